The van der Waals surface area contributed by atoms with E-state index in [-0.39, 0.29) is 11.8 Å². The van der Waals surface area contributed by atoms with Crippen molar-refractivity contribution < 1.29 is 14.0 Å². The van der Waals surface area contributed by atoms with Gasteiger partial charge >= 0.3 is 0 Å². The Balaban J connectivity index is 1.44. The minimum atomic E-state index is -0.246. The Hall–Kier alpha value is -3.31. The van der Waals surface area contributed by atoms with E-state index in [9.17, 15) is 9.59 Å². The molecular formula is C23H19ClN2O3. The summed E-state index contributed by atoms with van der Waals surface area (Å²) in [5, 5.41) is 3.45. The predicted octanol–water partition coefficient (Wildman–Crippen LogP) is 4.78. The molecular weight excluding hydrogens is 388 g/mol. The van der Waals surface area contributed by atoms with Crippen molar-refractivity contribution in [3.63, 3.8) is 0 Å². The molecule has 0 saturated carbocycles. The number of nitrogens with zero attached hydrogens (tertiary/aromatic N) is 1. The second-order valence-electron chi connectivity index (χ2n) is 6.78. The Kier molecular flexibility index (Phi) is 5.49. The highest BCUT2D eigenvalue weighted by Crippen LogP contribution is 2.24. The van der Waals surface area contributed by atoms with Crippen molar-refractivity contribution in [2.24, 2.45) is 0 Å². The smallest absolute Gasteiger partial charge is 0.289 e. The van der Waals surface area contributed by atoms with Crippen molar-refractivity contribution in [3.05, 3.63) is 94.4 Å². The fourth-order valence-electron chi connectivity index (χ4n) is 3.32. The van der Waals surface area contributed by atoms with Crippen LogP contribution in [0.2, 0.25) is 5.02 Å². The summed E-state index contributed by atoms with van der Waals surface area (Å²) in [5.41, 5.74) is 3.66. The van der Waals surface area contributed by atoms with Crippen LogP contribution < -0.4 is 5.32 Å². The number of amides is 2. The maximum Gasteiger partial charge on any atom is 0.289 e. The van der Waals surface area contributed by atoms with E-state index in [4.69, 9.17) is 16.0 Å². The number of nitrogens with one attached hydrogen (secondary N) is 1. The van der Waals surface area contributed by atoms with Crippen LogP contribution in [0.5, 0.6) is 0 Å². The maximum atomic E-state index is 12.5. The number of halogens is 1. The van der Waals surface area contributed by atoms with E-state index >= 15 is 0 Å². The standard InChI is InChI=1S/C23H19ClN2O3/c24-20-5-2-1-4-17(20)8-10-22(27)25-19-9-7-16-11-12-26(15-18(16)14-19)23(28)21-6-3-13-29-21/h1-10,13-14H,11-12,15H2,(H,25,27)/b10-8+. The summed E-state index contributed by atoms with van der Waals surface area (Å²) in [5.74, 6) is -0.0374. The Labute approximate surface area is 173 Å². The summed E-state index contributed by atoms with van der Waals surface area (Å²) in [6.07, 6.45) is 5.39. The molecule has 0 aliphatic carbocycles. The van der Waals surface area contributed by atoms with Crippen molar-refractivity contribution >= 4 is 35.2 Å². The molecule has 0 atom stereocenters. The van der Waals surface area contributed by atoms with Gasteiger partial charge in [-0.2, -0.15) is 0 Å². The SMILES string of the molecule is O=C(/C=C/c1ccccc1Cl)Nc1ccc2c(c1)CN(C(=O)c1ccco1)CC2. The first-order chi connectivity index (χ1) is 14.1. The van der Waals surface area contributed by atoms with Gasteiger partial charge in [0.15, 0.2) is 5.76 Å². The number of hydrogen-bond donors (Lipinski definition) is 1. The Morgan fingerprint density at radius 3 is 2.72 bits per heavy atom. The van der Waals surface area contributed by atoms with Crippen LogP contribution in [0.1, 0.15) is 27.2 Å². The summed E-state index contributed by atoms with van der Waals surface area (Å²) in [6.45, 7) is 1.12. The van der Waals surface area contributed by atoms with E-state index in [2.05, 4.69) is 5.32 Å². The first-order valence-corrected chi connectivity index (χ1v) is 9.66. The third-order valence-corrected chi connectivity index (χ3v) is 5.17. The zero-order chi connectivity index (χ0) is 20.2. The molecule has 1 aromatic heterocycles. The molecule has 0 spiro atoms. The van der Waals surface area contributed by atoms with Gasteiger partial charge in [0.2, 0.25) is 5.91 Å². The first kappa shape index (κ1) is 19.0. The van der Waals surface area contributed by atoms with Gasteiger partial charge in [-0.15, -0.1) is 0 Å². The van der Waals surface area contributed by atoms with E-state index in [0.717, 1.165) is 17.5 Å². The molecule has 1 aliphatic heterocycles. The molecule has 1 N–H and O–H groups in total. The quantitative estimate of drug-likeness (QED) is 0.634. The van der Waals surface area contributed by atoms with Gasteiger partial charge in [-0.1, -0.05) is 35.9 Å². The lowest BCUT2D eigenvalue weighted by molar-refractivity contribution is -0.111. The second-order valence-corrected chi connectivity index (χ2v) is 7.19. The van der Waals surface area contributed by atoms with Gasteiger partial charge in [0.05, 0.1) is 6.26 Å². The fourth-order valence-corrected chi connectivity index (χ4v) is 3.52. The van der Waals surface area contributed by atoms with Crippen molar-refractivity contribution in [2.45, 2.75) is 13.0 Å². The molecule has 3 aromatic rings. The van der Waals surface area contributed by atoms with E-state index in [1.165, 1.54) is 17.9 Å². The zero-order valence-electron chi connectivity index (χ0n) is 15.6. The third kappa shape index (κ3) is 4.41. The van der Waals surface area contributed by atoms with Gasteiger partial charge in [0.1, 0.15) is 0 Å². The summed E-state index contributed by atoms with van der Waals surface area (Å²) >= 11 is 6.10. The van der Waals surface area contributed by atoms with Crippen LogP contribution in [0.3, 0.4) is 0 Å². The number of anilines is 1. The fraction of sp³-hybridized carbons (Fsp3) is 0.130. The Bertz CT molecular complexity index is 1070. The van der Waals surface area contributed by atoms with Crippen LogP contribution in [0.15, 0.2) is 71.4 Å². The molecule has 2 aromatic carbocycles. The first-order valence-electron chi connectivity index (χ1n) is 9.28. The second kappa shape index (κ2) is 8.37. The van der Waals surface area contributed by atoms with E-state index in [1.807, 2.05) is 36.4 Å². The van der Waals surface area contributed by atoms with E-state index < -0.39 is 0 Å². The number of rotatable bonds is 4. The highest BCUT2D eigenvalue weighted by molar-refractivity contribution is 6.32. The van der Waals surface area contributed by atoms with Gasteiger partial charge in [-0.05, 0) is 59.5 Å². The van der Waals surface area contributed by atoms with Crippen LogP contribution in [-0.4, -0.2) is 23.3 Å². The topological polar surface area (TPSA) is 62.6 Å². The number of carbonyl (C=O) groups is 2. The van der Waals surface area contributed by atoms with Gasteiger partial charge in [-0.25, -0.2) is 0 Å². The van der Waals surface area contributed by atoms with Crippen LogP contribution in [0, 0.1) is 0 Å². The van der Waals surface area contributed by atoms with Crippen LogP contribution >= 0.6 is 11.6 Å². The van der Waals surface area contributed by atoms with Crippen LogP contribution in [0.25, 0.3) is 6.08 Å². The molecule has 1 aliphatic rings. The number of fused-ring (bicyclic) bond motifs is 1. The molecule has 0 fully saturated rings. The molecule has 5 nitrogen and oxygen atoms in total. The molecule has 0 unspecified atom stereocenters. The summed E-state index contributed by atoms with van der Waals surface area (Å²) in [7, 11) is 0. The molecule has 2 amide bonds. The number of benzene rings is 2. The Morgan fingerprint density at radius 2 is 1.93 bits per heavy atom. The van der Waals surface area contributed by atoms with Gasteiger partial charge in [0, 0.05) is 29.9 Å². The average Bonchev–Trinajstić information content (AvgIpc) is 3.27. The van der Waals surface area contributed by atoms with Gasteiger partial charge < -0.3 is 14.6 Å². The molecule has 2 heterocycles. The number of furan rings is 1. The van der Waals surface area contributed by atoms with Crippen LogP contribution in [-0.2, 0) is 17.8 Å². The van der Waals surface area contributed by atoms with Crippen molar-refractivity contribution in [2.75, 3.05) is 11.9 Å². The maximum absolute atomic E-state index is 12.5. The number of hydrogen-bond acceptors (Lipinski definition) is 3. The zero-order valence-corrected chi connectivity index (χ0v) is 16.4. The van der Waals surface area contributed by atoms with Crippen molar-refractivity contribution in [3.8, 4) is 0 Å². The lowest BCUT2D eigenvalue weighted by Crippen LogP contribution is -2.35. The molecule has 29 heavy (non-hydrogen) atoms. The molecule has 4 rings (SSSR count). The molecule has 0 radical (unpaired) electrons. The molecule has 0 bridgehead atoms. The minimum Gasteiger partial charge on any atom is -0.459 e. The monoisotopic (exact) mass is 406 g/mol. The third-order valence-electron chi connectivity index (χ3n) is 4.82. The van der Waals surface area contributed by atoms with Crippen LogP contribution in [0.4, 0.5) is 5.69 Å². The summed E-state index contributed by atoms with van der Waals surface area (Å²) < 4.78 is 5.22. The van der Waals surface area contributed by atoms with Gasteiger partial charge in [-0.3, -0.25) is 9.59 Å². The lowest BCUT2D eigenvalue weighted by atomic mass is 9.99. The summed E-state index contributed by atoms with van der Waals surface area (Å²) in [4.78, 5) is 26.6. The molecule has 146 valence electrons. The highest BCUT2D eigenvalue weighted by atomic mass is 35.5. The lowest BCUT2D eigenvalue weighted by Gasteiger charge is -2.28. The molecule has 0 saturated heterocycles. The van der Waals surface area contributed by atoms with Crippen molar-refractivity contribution in [1.29, 1.82) is 0 Å². The largest absolute Gasteiger partial charge is 0.459 e. The number of carbonyl (C=O) groups excluding carboxylic acids is 2. The van der Waals surface area contributed by atoms with E-state index in [0.29, 0.717) is 29.6 Å². The normalized spacial score (nSPS) is 13.3. The minimum absolute atomic E-state index is 0.127. The average molecular weight is 407 g/mol. The predicted molar refractivity (Wildman–Crippen MR) is 113 cm³/mol. The highest BCUT2D eigenvalue weighted by Gasteiger charge is 2.23. The van der Waals surface area contributed by atoms with Gasteiger partial charge in [0.25, 0.3) is 5.91 Å². The van der Waals surface area contributed by atoms with E-state index in [1.54, 1.807) is 29.2 Å². The summed E-state index contributed by atoms with van der Waals surface area (Å²) in [6, 6.07) is 16.5. The Morgan fingerprint density at radius 1 is 1.07 bits per heavy atom. The van der Waals surface area contributed by atoms with Crippen molar-refractivity contribution in [1.82, 2.24) is 4.90 Å². The molecule has 6 heteroatoms.